The Kier molecular flexibility index (Phi) is 6.33. The molecule has 0 aliphatic rings. The van der Waals surface area contributed by atoms with Crippen LogP contribution >= 0.6 is 43.6 Å². The maximum absolute atomic E-state index is 11.9. The molecule has 0 fully saturated rings. The second-order valence-corrected chi connectivity index (χ2v) is 7.39. The van der Waals surface area contributed by atoms with Crippen molar-refractivity contribution in [3.8, 4) is 0 Å². The van der Waals surface area contributed by atoms with Crippen LogP contribution in [0.25, 0.3) is 0 Å². The van der Waals surface area contributed by atoms with Crippen LogP contribution in [0.2, 0.25) is 0 Å². The quantitative estimate of drug-likeness (QED) is 0.691. The molecule has 0 unspecified atom stereocenters. The Morgan fingerprint density at radius 3 is 2.52 bits per heavy atom. The van der Waals surface area contributed by atoms with Crippen molar-refractivity contribution in [2.45, 2.75) is 12.7 Å². The van der Waals surface area contributed by atoms with E-state index in [1.54, 1.807) is 11.8 Å². The molecular formula is C16H15Br2NOS. The highest BCUT2D eigenvalue weighted by molar-refractivity contribution is 9.10. The van der Waals surface area contributed by atoms with Gasteiger partial charge >= 0.3 is 0 Å². The summed E-state index contributed by atoms with van der Waals surface area (Å²) in [5.74, 6) is 1.31. The summed E-state index contributed by atoms with van der Waals surface area (Å²) in [5, 5.41) is 2.92. The number of hydrogen-bond acceptors (Lipinski definition) is 2. The maximum Gasteiger partial charge on any atom is 0.234 e. The molecule has 0 aromatic heterocycles. The van der Waals surface area contributed by atoms with E-state index >= 15 is 0 Å². The fraction of sp³-hybridized carbons (Fsp3) is 0.188. The molecule has 110 valence electrons. The zero-order valence-electron chi connectivity index (χ0n) is 11.5. The van der Waals surface area contributed by atoms with Crippen LogP contribution in [0.3, 0.4) is 0 Å². The van der Waals surface area contributed by atoms with Gasteiger partial charge in [-0.2, -0.15) is 0 Å². The van der Waals surface area contributed by atoms with Gasteiger partial charge in [0.15, 0.2) is 0 Å². The van der Waals surface area contributed by atoms with Crippen molar-refractivity contribution >= 4 is 55.2 Å². The molecule has 0 aliphatic carbocycles. The van der Waals surface area contributed by atoms with Gasteiger partial charge in [0.05, 0.1) is 5.75 Å². The van der Waals surface area contributed by atoms with E-state index in [2.05, 4.69) is 49.3 Å². The second-order valence-electron chi connectivity index (χ2n) is 4.63. The smallest absolute Gasteiger partial charge is 0.234 e. The molecule has 0 atom stereocenters. The molecular weight excluding hydrogens is 414 g/mol. The standard InChI is InChI=1S/C16H15Br2NOS/c1-11-8-14(6-7-15(11)18)19-16(20)10-21-9-12-2-4-13(17)5-3-12/h2-8H,9-10H2,1H3,(H,19,20). The molecule has 0 saturated carbocycles. The minimum absolute atomic E-state index is 0.0267. The lowest BCUT2D eigenvalue weighted by atomic mass is 10.2. The summed E-state index contributed by atoms with van der Waals surface area (Å²) in [5.41, 5.74) is 3.16. The SMILES string of the molecule is Cc1cc(NC(=O)CSCc2ccc(Br)cc2)ccc1Br. The van der Waals surface area contributed by atoms with Crippen LogP contribution in [-0.2, 0) is 10.5 Å². The normalized spacial score (nSPS) is 10.4. The predicted molar refractivity (Wildman–Crippen MR) is 97.8 cm³/mol. The topological polar surface area (TPSA) is 29.1 Å². The molecule has 2 aromatic rings. The van der Waals surface area contributed by atoms with Crippen molar-refractivity contribution in [2.75, 3.05) is 11.1 Å². The summed E-state index contributed by atoms with van der Waals surface area (Å²) in [4.78, 5) is 11.9. The van der Waals surface area contributed by atoms with Gasteiger partial charge in [0.25, 0.3) is 0 Å². The molecule has 2 aromatic carbocycles. The highest BCUT2D eigenvalue weighted by Crippen LogP contribution is 2.20. The van der Waals surface area contributed by atoms with E-state index in [4.69, 9.17) is 0 Å². The highest BCUT2D eigenvalue weighted by atomic mass is 79.9. The van der Waals surface area contributed by atoms with Gasteiger partial charge in [-0.1, -0.05) is 44.0 Å². The van der Waals surface area contributed by atoms with Crippen LogP contribution in [0.1, 0.15) is 11.1 Å². The monoisotopic (exact) mass is 427 g/mol. The number of nitrogens with one attached hydrogen (secondary N) is 1. The number of anilines is 1. The fourth-order valence-corrected chi connectivity index (χ4v) is 3.06. The van der Waals surface area contributed by atoms with Crippen LogP contribution in [-0.4, -0.2) is 11.7 Å². The summed E-state index contributed by atoms with van der Waals surface area (Å²) < 4.78 is 2.12. The van der Waals surface area contributed by atoms with Gasteiger partial charge in [-0.15, -0.1) is 11.8 Å². The lowest BCUT2D eigenvalue weighted by Crippen LogP contribution is -2.14. The van der Waals surface area contributed by atoms with Crippen molar-refractivity contribution in [1.29, 1.82) is 0 Å². The Hall–Kier alpha value is -0.780. The van der Waals surface area contributed by atoms with Gasteiger partial charge < -0.3 is 5.32 Å². The van der Waals surface area contributed by atoms with Crippen molar-refractivity contribution in [1.82, 2.24) is 0 Å². The Morgan fingerprint density at radius 2 is 1.86 bits per heavy atom. The van der Waals surface area contributed by atoms with E-state index in [1.165, 1.54) is 5.56 Å². The molecule has 1 amide bonds. The summed E-state index contributed by atoms with van der Waals surface area (Å²) >= 11 is 8.47. The first kappa shape index (κ1) is 16.6. The number of thioether (sulfide) groups is 1. The Bertz CT molecular complexity index is 629. The van der Waals surface area contributed by atoms with Gasteiger partial charge in [0, 0.05) is 20.4 Å². The Balaban J connectivity index is 1.79. The average Bonchev–Trinajstić information content (AvgIpc) is 2.45. The number of hydrogen-bond donors (Lipinski definition) is 1. The lowest BCUT2D eigenvalue weighted by Gasteiger charge is -2.07. The number of rotatable bonds is 5. The van der Waals surface area contributed by atoms with Crippen LogP contribution in [0, 0.1) is 6.92 Å². The number of carbonyl (C=O) groups excluding carboxylic acids is 1. The highest BCUT2D eigenvalue weighted by Gasteiger charge is 2.04. The first-order chi connectivity index (χ1) is 10.0. The molecule has 0 aliphatic heterocycles. The molecule has 2 rings (SSSR count). The molecule has 5 heteroatoms. The van der Waals surface area contributed by atoms with Gasteiger partial charge in [-0.25, -0.2) is 0 Å². The minimum Gasteiger partial charge on any atom is -0.325 e. The number of carbonyl (C=O) groups is 1. The van der Waals surface area contributed by atoms with E-state index in [1.807, 2.05) is 37.3 Å². The third kappa shape index (κ3) is 5.49. The van der Waals surface area contributed by atoms with Crippen molar-refractivity contribution < 1.29 is 4.79 Å². The Morgan fingerprint density at radius 1 is 1.14 bits per heavy atom. The summed E-state index contributed by atoms with van der Waals surface area (Å²) in [6, 6.07) is 14.0. The molecule has 0 radical (unpaired) electrons. The number of halogens is 2. The minimum atomic E-state index is 0.0267. The molecule has 2 nitrogen and oxygen atoms in total. The van der Waals surface area contributed by atoms with Gasteiger partial charge in [-0.3, -0.25) is 4.79 Å². The van der Waals surface area contributed by atoms with Crippen molar-refractivity contribution in [2.24, 2.45) is 0 Å². The van der Waals surface area contributed by atoms with E-state index < -0.39 is 0 Å². The average molecular weight is 429 g/mol. The van der Waals surface area contributed by atoms with Crippen LogP contribution < -0.4 is 5.32 Å². The molecule has 0 spiro atoms. The first-order valence-corrected chi connectivity index (χ1v) is 9.17. The second kappa shape index (κ2) is 8.01. The van der Waals surface area contributed by atoms with E-state index in [9.17, 15) is 4.79 Å². The molecule has 0 bridgehead atoms. The third-order valence-electron chi connectivity index (χ3n) is 2.86. The lowest BCUT2D eigenvalue weighted by molar-refractivity contribution is -0.113. The van der Waals surface area contributed by atoms with Crippen LogP contribution in [0.5, 0.6) is 0 Å². The van der Waals surface area contributed by atoms with E-state index in [0.717, 1.165) is 25.9 Å². The number of benzene rings is 2. The zero-order chi connectivity index (χ0) is 15.2. The van der Waals surface area contributed by atoms with Crippen LogP contribution in [0.15, 0.2) is 51.4 Å². The van der Waals surface area contributed by atoms with E-state index in [-0.39, 0.29) is 5.91 Å². The summed E-state index contributed by atoms with van der Waals surface area (Å²) in [6.07, 6.45) is 0. The predicted octanol–water partition coefficient (Wildman–Crippen LogP) is 5.39. The Labute approximate surface area is 146 Å². The van der Waals surface area contributed by atoms with Crippen molar-refractivity contribution in [3.05, 3.63) is 62.5 Å². The van der Waals surface area contributed by atoms with Crippen LogP contribution in [0.4, 0.5) is 5.69 Å². The summed E-state index contributed by atoms with van der Waals surface area (Å²) in [7, 11) is 0. The van der Waals surface area contributed by atoms with Gasteiger partial charge in [0.1, 0.15) is 0 Å². The number of aryl methyl sites for hydroxylation is 1. The molecule has 0 heterocycles. The third-order valence-corrected chi connectivity index (χ3v) is 5.28. The van der Waals surface area contributed by atoms with Crippen molar-refractivity contribution in [3.63, 3.8) is 0 Å². The summed E-state index contributed by atoms with van der Waals surface area (Å²) in [6.45, 7) is 2.00. The van der Waals surface area contributed by atoms with E-state index in [0.29, 0.717) is 5.75 Å². The fourth-order valence-electron chi connectivity index (χ4n) is 1.76. The van der Waals surface area contributed by atoms with Gasteiger partial charge in [0.2, 0.25) is 5.91 Å². The molecule has 1 N–H and O–H groups in total. The largest absolute Gasteiger partial charge is 0.325 e. The maximum atomic E-state index is 11.9. The molecule has 21 heavy (non-hydrogen) atoms. The number of amides is 1. The zero-order valence-corrected chi connectivity index (χ0v) is 15.5. The van der Waals surface area contributed by atoms with Gasteiger partial charge in [-0.05, 0) is 48.4 Å². The first-order valence-electron chi connectivity index (χ1n) is 6.43. The molecule has 0 saturated heterocycles.